The minimum Gasteiger partial charge on any atom is -0.495 e. The third-order valence-electron chi connectivity index (χ3n) is 3.45. The van der Waals surface area contributed by atoms with Crippen molar-refractivity contribution in [3.05, 3.63) is 71.5 Å². The van der Waals surface area contributed by atoms with Crippen molar-refractivity contribution in [2.75, 3.05) is 17.7 Å². The predicted molar refractivity (Wildman–Crippen MR) is 97.1 cm³/mol. The van der Waals surface area contributed by atoms with Crippen molar-refractivity contribution in [1.29, 1.82) is 0 Å². The first kappa shape index (κ1) is 16.1. The van der Waals surface area contributed by atoms with Crippen LogP contribution in [-0.4, -0.2) is 17.1 Å². The average Bonchev–Trinajstić information content (AvgIpc) is 2.62. The molecule has 1 aromatic heterocycles. The highest BCUT2D eigenvalue weighted by Gasteiger charge is 2.05. The van der Waals surface area contributed by atoms with Gasteiger partial charge in [-0.1, -0.05) is 41.9 Å². The van der Waals surface area contributed by atoms with Gasteiger partial charge in [-0.2, -0.15) is 0 Å². The van der Waals surface area contributed by atoms with E-state index >= 15 is 0 Å². The van der Waals surface area contributed by atoms with Gasteiger partial charge in [-0.05, 0) is 23.8 Å². The molecule has 0 atom stereocenters. The summed E-state index contributed by atoms with van der Waals surface area (Å²) < 4.78 is 5.33. The number of hydrogen-bond donors (Lipinski definition) is 2. The highest BCUT2D eigenvalue weighted by Crippen LogP contribution is 2.26. The topological polar surface area (TPSA) is 59.1 Å². The van der Waals surface area contributed by atoms with Gasteiger partial charge in [0.15, 0.2) is 0 Å². The molecule has 0 aliphatic carbocycles. The molecule has 5 nitrogen and oxygen atoms in total. The number of halogens is 1. The number of benzene rings is 2. The summed E-state index contributed by atoms with van der Waals surface area (Å²) in [6, 6.07) is 17.2. The van der Waals surface area contributed by atoms with Crippen LogP contribution in [0.25, 0.3) is 0 Å². The molecule has 6 heteroatoms. The van der Waals surface area contributed by atoms with Gasteiger partial charge < -0.3 is 15.4 Å². The molecule has 0 aliphatic rings. The van der Waals surface area contributed by atoms with E-state index in [0.717, 1.165) is 22.0 Å². The zero-order valence-electron chi connectivity index (χ0n) is 13.2. The first-order valence-corrected chi connectivity index (χ1v) is 7.83. The SMILES string of the molecule is COc1ccccc1Nc1cc(NCc2ccccc2Cl)ncn1. The van der Waals surface area contributed by atoms with Crippen molar-refractivity contribution in [2.45, 2.75) is 6.54 Å². The van der Waals surface area contributed by atoms with Crippen LogP contribution >= 0.6 is 11.6 Å². The van der Waals surface area contributed by atoms with Crippen molar-refractivity contribution in [2.24, 2.45) is 0 Å². The van der Waals surface area contributed by atoms with Crippen LogP contribution in [0.15, 0.2) is 60.9 Å². The fourth-order valence-electron chi connectivity index (χ4n) is 2.24. The largest absolute Gasteiger partial charge is 0.495 e. The smallest absolute Gasteiger partial charge is 0.142 e. The van der Waals surface area contributed by atoms with Crippen LogP contribution in [0.3, 0.4) is 0 Å². The number of nitrogens with one attached hydrogen (secondary N) is 2. The monoisotopic (exact) mass is 340 g/mol. The van der Waals surface area contributed by atoms with Crippen LogP contribution < -0.4 is 15.4 Å². The van der Waals surface area contributed by atoms with E-state index in [2.05, 4.69) is 20.6 Å². The molecule has 0 unspecified atom stereocenters. The number of ether oxygens (including phenoxy) is 1. The maximum atomic E-state index is 6.16. The quantitative estimate of drug-likeness (QED) is 0.692. The van der Waals surface area contributed by atoms with Crippen molar-refractivity contribution >= 4 is 28.9 Å². The normalized spacial score (nSPS) is 10.2. The second kappa shape index (κ2) is 7.66. The number of para-hydroxylation sites is 2. The molecule has 2 aromatic carbocycles. The lowest BCUT2D eigenvalue weighted by molar-refractivity contribution is 0.417. The fourth-order valence-corrected chi connectivity index (χ4v) is 2.44. The van der Waals surface area contributed by atoms with Gasteiger partial charge in [0, 0.05) is 17.6 Å². The summed E-state index contributed by atoms with van der Waals surface area (Å²) in [5, 5.41) is 7.21. The second-order valence-electron chi connectivity index (χ2n) is 5.06. The average molecular weight is 341 g/mol. The molecule has 0 saturated carbocycles. The summed E-state index contributed by atoms with van der Waals surface area (Å²) in [5.74, 6) is 2.14. The van der Waals surface area contributed by atoms with E-state index in [-0.39, 0.29) is 0 Å². The van der Waals surface area contributed by atoms with E-state index in [1.54, 1.807) is 7.11 Å². The lowest BCUT2D eigenvalue weighted by Crippen LogP contribution is -2.04. The number of aromatic nitrogens is 2. The Hall–Kier alpha value is -2.79. The first-order valence-electron chi connectivity index (χ1n) is 7.45. The third-order valence-corrected chi connectivity index (χ3v) is 3.82. The third kappa shape index (κ3) is 3.94. The number of rotatable bonds is 6. The molecule has 0 radical (unpaired) electrons. The fraction of sp³-hybridized carbons (Fsp3) is 0.111. The Kier molecular flexibility index (Phi) is 5.13. The zero-order valence-corrected chi connectivity index (χ0v) is 13.9. The van der Waals surface area contributed by atoms with Crippen LogP contribution in [0.4, 0.5) is 17.3 Å². The first-order chi connectivity index (χ1) is 11.8. The predicted octanol–water partition coefficient (Wildman–Crippen LogP) is 4.49. The standard InChI is InChI=1S/C18H17ClN4O/c1-24-16-9-5-4-8-15(16)23-18-10-17(21-12-22-18)20-11-13-6-2-3-7-14(13)19/h2-10,12H,11H2,1H3,(H2,20,21,22,23). The molecule has 0 spiro atoms. The van der Waals surface area contributed by atoms with E-state index in [0.29, 0.717) is 18.2 Å². The van der Waals surface area contributed by atoms with Gasteiger partial charge in [-0.25, -0.2) is 9.97 Å². The highest BCUT2D eigenvalue weighted by atomic mass is 35.5. The minimum atomic E-state index is 0.588. The number of nitrogens with zero attached hydrogens (tertiary/aromatic N) is 2. The van der Waals surface area contributed by atoms with E-state index in [1.165, 1.54) is 6.33 Å². The number of hydrogen-bond acceptors (Lipinski definition) is 5. The molecule has 0 fully saturated rings. The zero-order chi connectivity index (χ0) is 16.8. The summed E-state index contributed by atoms with van der Waals surface area (Å²) in [5.41, 5.74) is 1.85. The maximum Gasteiger partial charge on any atom is 0.142 e. The van der Waals surface area contributed by atoms with Crippen molar-refractivity contribution in [1.82, 2.24) is 9.97 Å². The lowest BCUT2D eigenvalue weighted by atomic mass is 10.2. The molecule has 0 amide bonds. The molecule has 0 aliphatic heterocycles. The summed E-state index contributed by atoms with van der Waals surface area (Å²) >= 11 is 6.16. The number of methoxy groups -OCH3 is 1. The molecule has 3 aromatic rings. The molecule has 1 heterocycles. The molecule has 3 rings (SSSR count). The lowest BCUT2D eigenvalue weighted by Gasteiger charge is -2.11. The Morgan fingerprint density at radius 1 is 1.00 bits per heavy atom. The van der Waals surface area contributed by atoms with Crippen molar-refractivity contribution in [3.63, 3.8) is 0 Å². The van der Waals surface area contributed by atoms with Gasteiger partial charge in [-0.3, -0.25) is 0 Å². The Morgan fingerprint density at radius 2 is 1.75 bits per heavy atom. The molecule has 2 N–H and O–H groups in total. The van der Waals surface area contributed by atoms with Gasteiger partial charge >= 0.3 is 0 Å². The minimum absolute atomic E-state index is 0.588. The maximum absolute atomic E-state index is 6.16. The van der Waals surface area contributed by atoms with Gasteiger partial charge in [0.25, 0.3) is 0 Å². The van der Waals surface area contributed by atoms with Crippen LogP contribution in [0.5, 0.6) is 5.75 Å². The van der Waals surface area contributed by atoms with E-state index in [4.69, 9.17) is 16.3 Å². The van der Waals surface area contributed by atoms with Crippen molar-refractivity contribution in [3.8, 4) is 5.75 Å². The summed E-state index contributed by atoms with van der Waals surface area (Å²) in [4.78, 5) is 8.47. The Labute approximate surface area is 145 Å². The van der Waals surface area contributed by atoms with Crippen LogP contribution in [0.2, 0.25) is 5.02 Å². The van der Waals surface area contributed by atoms with Gasteiger partial charge in [0.1, 0.15) is 23.7 Å². The van der Waals surface area contributed by atoms with E-state index in [1.807, 2.05) is 54.6 Å². The van der Waals surface area contributed by atoms with Crippen LogP contribution in [0.1, 0.15) is 5.56 Å². The van der Waals surface area contributed by atoms with Crippen molar-refractivity contribution < 1.29 is 4.74 Å². The Bertz CT molecular complexity index is 825. The molecular weight excluding hydrogens is 324 g/mol. The molecular formula is C18H17ClN4O. The second-order valence-corrected chi connectivity index (χ2v) is 5.47. The van der Waals surface area contributed by atoms with Crippen LogP contribution in [0, 0.1) is 0 Å². The van der Waals surface area contributed by atoms with Gasteiger partial charge in [0.2, 0.25) is 0 Å². The van der Waals surface area contributed by atoms with Gasteiger partial charge in [0.05, 0.1) is 12.8 Å². The van der Waals surface area contributed by atoms with E-state index < -0.39 is 0 Å². The van der Waals surface area contributed by atoms with Crippen LogP contribution in [-0.2, 0) is 6.54 Å². The Balaban J connectivity index is 1.71. The number of anilines is 3. The molecule has 24 heavy (non-hydrogen) atoms. The molecule has 0 bridgehead atoms. The van der Waals surface area contributed by atoms with E-state index in [9.17, 15) is 0 Å². The van der Waals surface area contributed by atoms with Gasteiger partial charge in [-0.15, -0.1) is 0 Å². The molecule has 0 saturated heterocycles. The summed E-state index contributed by atoms with van der Waals surface area (Å²) in [7, 11) is 1.64. The Morgan fingerprint density at radius 3 is 2.58 bits per heavy atom. The summed E-state index contributed by atoms with van der Waals surface area (Å²) in [6.07, 6.45) is 1.51. The molecule has 122 valence electrons. The highest BCUT2D eigenvalue weighted by molar-refractivity contribution is 6.31. The summed E-state index contributed by atoms with van der Waals surface area (Å²) in [6.45, 7) is 0.588.